The van der Waals surface area contributed by atoms with Gasteiger partial charge in [-0.3, -0.25) is 0 Å². The van der Waals surface area contributed by atoms with Crippen molar-refractivity contribution < 1.29 is 0 Å². The standard InChI is InChI=1S/C17H24N4/c1-13-8-10-14(11-9-13)17(18-2)16-12-19-21(20-16)15-6-4-3-5-7-15/h3-7,12-14,17-18H,8-11H2,1-2H3. The summed E-state index contributed by atoms with van der Waals surface area (Å²) in [5.74, 6) is 1.55. The van der Waals surface area contributed by atoms with Crippen LogP contribution in [0.2, 0.25) is 0 Å². The average molecular weight is 284 g/mol. The summed E-state index contributed by atoms with van der Waals surface area (Å²) in [6.07, 6.45) is 7.13. The van der Waals surface area contributed by atoms with Crippen LogP contribution in [0.3, 0.4) is 0 Å². The van der Waals surface area contributed by atoms with Crippen LogP contribution in [-0.4, -0.2) is 22.0 Å². The molecule has 1 aliphatic carbocycles. The van der Waals surface area contributed by atoms with Gasteiger partial charge in [0.2, 0.25) is 0 Å². The first-order valence-electron chi connectivity index (χ1n) is 7.93. The van der Waals surface area contributed by atoms with Gasteiger partial charge in [0.15, 0.2) is 0 Å². The van der Waals surface area contributed by atoms with Gasteiger partial charge in [0, 0.05) is 0 Å². The number of nitrogens with one attached hydrogen (secondary N) is 1. The Kier molecular flexibility index (Phi) is 4.34. The van der Waals surface area contributed by atoms with E-state index in [2.05, 4.69) is 22.4 Å². The third-order valence-electron chi connectivity index (χ3n) is 4.66. The fourth-order valence-corrected chi connectivity index (χ4v) is 3.35. The van der Waals surface area contributed by atoms with Crippen molar-refractivity contribution in [1.29, 1.82) is 0 Å². The number of hydrogen-bond acceptors (Lipinski definition) is 3. The maximum Gasteiger partial charge on any atom is 0.100 e. The Bertz CT molecular complexity index is 555. The number of rotatable bonds is 4. The molecule has 1 atom stereocenters. The zero-order valence-corrected chi connectivity index (χ0v) is 12.9. The molecular weight excluding hydrogens is 260 g/mol. The van der Waals surface area contributed by atoms with E-state index in [9.17, 15) is 0 Å². The highest BCUT2D eigenvalue weighted by molar-refractivity contribution is 5.28. The van der Waals surface area contributed by atoms with Crippen molar-refractivity contribution in [3.05, 3.63) is 42.2 Å². The Hall–Kier alpha value is -1.68. The van der Waals surface area contributed by atoms with Crippen molar-refractivity contribution in [2.75, 3.05) is 7.05 Å². The number of aromatic nitrogens is 3. The number of nitrogens with zero attached hydrogens (tertiary/aromatic N) is 3. The maximum absolute atomic E-state index is 4.69. The molecule has 21 heavy (non-hydrogen) atoms. The minimum atomic E-state index is 0.315. The van der Waals surface area contributed by atoms with Gasteiger partial charge in [-0.1, -0.05) is 38.0 Å². The first-order valence-corrected chi connectivity index (χ1v) is 7.93. The molecular formula is C17H24N4. The summed E-state index contributed by atoms with van der Waals surface area (Å²) in [7, 11) is 2.03. The summed E-state index contributed by atoms with van der Waals surface area (Å²) in [4.78, 5) is 1.73. The Morgan fingerprint density at radius 2 is 1.86 bits per heavy atom. The molecule has 4 nitrogen and oxygen atoms in total. The van der Waals surface area contributed by atoms with Crippen molar-refractivity contribution in [2.24, 2.45) is 11.8 Å². The second-order valence-corrected chi connectivity index (χ2v) is 6.18. The van der Waals surface area contributed by atoms with Crippen LogP contribution < -0.4 is 5.32 Å². The van der Waals surface area contributed by atoms with E-state index in [-0.39, 0.29) is 0 Å². The van der Waals surface area contributed by atoms with Crippen LogP contribution >= 0.6 is 0 Å². The largest absolute Gasteiger partial charge is 0.311 e. The van der Waals surface area contributed by atoms with Crippen LogP contribution in [0.4, 0.5) is 0 Å². The minimum Gasteiger partial charge on any atom is -0.311 e. The molecule has 1 saturated carbocycles. The van der Waals surface area contributed by atoms with Crippen LogP contribution in [0.1, 0.15) is 44.3 Å². The van der Waals surface area contributed by atoms with E-state index >= 15 is 0 Å². The average Bonchev–Trinajstić information content (AvgIpc) is 3.00. The van der Waals surface area contributed by atoms with Crippen molar-refractivity contribution in [3.63, 3.8) is 0 Å². The Morgan fingerprint density at radius 1 is 1.14 bits per heavy atom. The molecule has 1 aromatic carbocycles. The van der Waals surface area contributed by atoms with E-state index in [1.54, 1.807) is 4.80 Å². The van der Waals surface area contributed by atoms with Gasteiger partial charge >= 0.3 is 0 Å². The monoisotopic (exact) mass is 284 g/mol. The minimum absolute atomic E-state index is 0.315. The third kappa shape index (κ3) is 3.16. The maximum atomic E-state index is 4.69. The molecule has 0 radical (unpaired) electrons. The Labute approximate surface area is 126 Å². The lowest BCUT2D eigenvalue weighted by molar-refractivity contribution is 0.235. The summed E-state index contributed by atoms with van der Waals surface area (Å²) in [6, 6.07) is 10.4. The fourth-order valence-electron chi connectivity index (χ4n) is 3.35. The summed E-state index contributed by atoms with van der Waals surface area (Å²) >= 11 is 0. The van der Waals surface area contributed by atoms with Gasteiger partial charge in [0.05, 0.1) is 17.9 Å². The molecule has 4 heteroatoms. The molecule has 1 N–H and O–H groups in total. The molecule has 1 fully saturated rings. The van der Waals surface area contributed by atoms with Crippen LogP contribution in [0.25, 0.3) is 5.69 Å². The van der Waals surface area contributed by atoms with Crippen LogP contribution in [0.5, 0.6) is 0 Å². The van der Waals surface area contributed by atoms with Gasteiger partial charge in [-0.05, 0) is 43.9 Å². The predicted octanol–water partition coefficient (Wildman–Crippen LogP) is 3.35. The molecule has 3 rings (SSSR count). The molecule has 0 saturated heterocycles. The van der Waals surface area contributed by atoms with Gasteiger partial charge in [0.25, 0.3) is 0 Å². The zero-order valence-electron chi connectivity index (χ0n) is 12.9. The highest BCUT2D eigenvalue weighted by Gasteiger charge is 2.28. The molecule has 0 aliphatic heterocycles. The first kappa shape index (κ1) is 14.3. The fraction of sp³-hybridized carbons (Fsp3) is 0.529. The van der Waals surface area contributed by atoms with Crippen molar-refractivity contribution in [1.82, 2.24) is 20.3 Å². The number of benzene rings is 1. The van der Waals surface area contributed by atoms with Gasteiger partial charge in [-0.2, -0.15) is 15.0 Å². The summed E-state index contributed by atoms with van der Waals surface area (Å²) in [6.45, 7) is 2.36. The van der Waals surface area contributed by atoms with E-state index in [1.165, 1.54) is 25.7 Å². The predicted molar refractivity (Wildman–Crippen MR) is 84.3 cm³/mol. The Morgan fingerprint density at radius 3 is 2.52 bits per heavy atom. The van der Waals surface area contributed by atoms with Gasteiger partial charge in [-0.15, -0.1) is 0 Å². The van der Waals surface area contributed by atoms with E-state index < -0.39 is 0 Å². The second kappa shape index (κ2) is 6.39. The van der Waals surface area contributed by atoms with E-state index in [0.29, 0.717) is 12.0 Å². The lowest BCUT2D eigenvalue weighted by atomic mass is 9.78. The molecule has 1 aliphatic rings. The lowest BCUT2D eigenvalue weighted by Gasteiger charge is -2.31. The quantitative estimate of drug-likeness (QED) is 0.936. The molecule has 1 aromatic heterocycles. The van der Waals surface area contributed by atoms with Crippen molar-refractivity contribution >= 4 is 0 Å². The Balaban J connectivity index is 1.77. The van der Waals surface area contributed by atoms with E-state index in [4.69, 9.17) is 0 Å². The highest BCUT2D eigenvalue weighted by atomic mass is 15.5. The highest BCUT2D eigenvalue weighted by Crippen LogP contribution is 2.35. The molecule has 1 heterocycles. The van der Waals surface area contributed by atoms with Gasteiger partial charge < -0.3 is 5.32 Å². The molecule has 0 amide bonds. The van der Waals surface area contributed by atoms with Crippen LogP contribution in [-0.2, 0) is 0 Å². The summed E-state index contributed by atoms with van der Waals surface area (Å²) in [5.41, 5.74) is 2.07. The summed E-state index contributed by atoms with van der Waals surface area (Å²) in [5, 5.41) is 12.6. The summed E-state index contributed by atoms with van der Waals surface area (Å²) < 4.78 is 0. The third-order valence-corrected chi connectivity index (χ3v) is 4.66. The smallest absolute Gasteiger partial charge is 0.100 e. The van der Waals surface area contributed by atoms with E-state index in [0.717, 1.165) is 17.3 Å². The van der Waals surface area contributed by atoms with Gasteiger partial charge in [0.1, 0.15) is 5.69 Å². The zero-order chi connectivity index (χ0) is 14.7. The van der Waals surface area contributed by atoms with Crippen molar-refractivity contribution in [2.45, 2.75) is 38.6 Å². The molecule has 0 spiro atoms. The molecule has 0 bridgehead atoms. The normalized spacial score (nSPS) is 23.9. The number of para-hydroxylation sites is 1. The topological polar surface area (TPSA) is 42.7 Å². The number of hydrogen-bond donors (Lipinski definition) is 1. The van der Waals surface area contributed by atoms with Crippen molar-refractivity contribution in [3.8, 4) is 5.69 Å². The molecule has 112 valence electrons. The second-order valence-electron chi connectivity index (χ2n) is 6.18. The first-order chi connectivity index (χ1) is 10.3. The van der Waals surface area contributed by atoms with Crippen LogP contribution in [0, 0.1) is 11.8 Å². The van der Waals surface area contributed by atoms with Crippen LogP contribution in [0.15, 0.2) is 36.5 Å². The molecule has 1 unspecified atom stereocenters. The molecule has 2 aromatic rings. The lowest BCUT2D eigenvalue weighted by Crippen LogP contribution is -2.28. The SMILES string of the molecule is CNC(c1cnn(-c2ccccc2)n1)C1CCC(C)CC1. The van der Waals surface area contributed by atoms with Gasteiger partial charge in [-0.25, -0.2) is 0 Å². The van der Waals surface area contributed by atoms with E-state index in [1.807, 2.05) is 43.6 Å².